The SMILES string of the molecule is C#Cc1cccc2sc(NC(=O)c3c(F)cc(N4CCN(Cc5ccc(F)cc5)CC4)cc3F)nc12. The monoisotopic (exact) mass is 506 g/mol. The number of piperazine rings is 1. The first kappa shape index (κ1) is 23.9. The number of hydrogen-bond donors (Lipinski definition) is 1. The zero-order chi connectivity index (χ0) is 25.2. The Labute approximate surface area is 210 Å². The van der Waals surface area contributed by atoms with Crippen LogP contribution in [0.1, 0.15) is 21.5 Å². The molecule has 0 saturated carbocycles. The molecule has 1 N–H and O–H groups in total. The van der Waals surface area contributed by atoms with Crippen LogP contribution in [-0.2, 0) is 6.54 Å². The second kappa shape index (κ2) is 10.0. The van der Waals surface area contributed by atoms with Gasteiger partial charge in [-0.3, -0.25) is 15.0 Å². The van der Waals surface area contributed by atoms with Crippen molar-refractivity contribution in [2.75, 3.05) is 36.4 Å². The standard InChI is InChI=1S/C27H21F3N4OS/c1-2-18-4-3-5-23-25(18)31-27(36-23)32-26(35)24-21(29)14-20(15-22(24)30)34-12-10-33(11-13-34)16-17-6-8-19(28)9-7-17/h1,3-9,14-15H,10-13,16H2,(H,31,32,35). The summed E-state index contributed by atoms with van der Waals surface area (Å²) in [5.41, 5.74) is 1.84. The number of fused-ring (bicyclic) bond motifs is 1. The predicted molar refractivity (Wildman–Crippen MR) is 136 cm³/mol. The van der Waals surface area contributed by atoms with Crippen LogP contribution in [-0.4, -0.2) is 42.0 Å². The van der Waals surface area contributed by atoms with E-state index in [1.54, 1.807) is 30.3 Å². The molecule has 1 fully saturated rings. The maximum Gasteiger partial charge on any atom is 0.263 e. The number of carbonyl (C=O) groups excluding carboxylic acids is 1. The van der Waals surface area contributed by atoms with Crippen molar-refractivity contribution >= 4 is 38.3 Å². The molecule has 36 heavy (non-hydrogen) atoms. The molecule has 0 radical (unpaired) electrons. The van der Waals surface area contributed by atoms with Gasteiger partial charge in [0.1, 0.15) is 23.0 Å². The van der Waals surface area contributed by atoms with E-state index < -0.39 is 23.1 Å². The fourth-order valence-electron chi connectivity index (χ4n) is 4.25. The van der Waals surface area contributed by atoms with Crippen LogP contribution in [0.5, 0.6) is 0 Å². The largest absolute Gasteiger partial charge is 0.369 e. The van der Waals surface area contributed by atoms with Gasteiger partial charge in [0, 0.05) is 38.4 Å². The summed E-state index contributed by atoms with van der Waals surface area (Å²) in [6.07, 6.45) is 5.49. The van der Waals surface area contributed by atoms with Gasteiger partial charge in [-0.25, -0.2) is 18.2 Å². The van der Waals surface area contributed by atoms with Gasteiger partial charge in [-0.15, -0.1) is 6.42 Å². The van der Waals surface area contributed by atoms with Gasteiger partial charge in [-0.05, 0) is 42.0 Å². The molecule has 0 atom stereocenters. The first-order valence-corrected chi connectivity index (χ1v) is 12.1. The van der Waals surface area contributed by atoms with E-state index in [9.17, 15) is 18.0 Å². The molecule has 9 heteroatoms. The quantitative estimate of drug-likeness (QED) is 0.375. The Kier molecular flexibility index (Phi) is 6.63. The highest BCUT2D eigenvalue weighted by molar-refractivity contribution is 7.22. The Morgan fingerprint density at radius 1 is 1.03 bits per heavy atom. The van der Waals surface area contributed by atoms with Crippen LogP contribution in [0, 0.1) is 29.8 Å². The van der Waals surface area contributed by atoms with Crippen molar-refractivity contribution in [3.05, 3.63) is 88.7 Å². The third kappa shape index (κ3) is 4.91. The van der Waals surface area contributed by atoms with Crippen LogP contribution in [0.3, 0.4) is 0 Å². The average Bonchev–Trinajstić information content (AvgIpc) is 3.28. The summed E-state index contributed by atoms with van der Waals surface area (Å²) >= 11 is 1.17. The van der Waals surface area contributed by atoms with Gasteiger partial charge in [0.15, 0.2) is 5.13 Å². The van der Waals surface area contributed by atoms with E-state index in [2.05, 4.69) is 21.1 Å². The average molecular weight is 507 g/mol. The Balaban J connectivity index is 1.26. The minimum absolute atomic E-state index is 0.206. The molecule has 182 valence electrons. The first-order chi connectivity index (χ1) is 17.4. The van der Waals surface area contributed by atoms with Crippen molar-refractivity contribution in [2.24, 2.45) is 0 Å². The summed E-state index contributed by atoms with van der Waals surface area (Å²) in [6, 6.07) is 14.0. The number of carbonyl (C=O) groups is 1. The molecule has 2 heterocycles. The van der Waals surface area contributed by atoms with Gasteiger partial charge in [-0.1, -0.05) is 35.5 Å². The Bertz CT molecular complexity index is 1450. The van der Waals surface area contributed by atoms with Crippen LogP contribution in [0.4, 0.5) is 24.0 Å². The molecule has 0 aliphatic carbocycles. The first-order valence-electron chi connectivity index (χ1n) is 11.3. The summed E-state index contributed by atoms with van der Waals surface area (Å²) in [5, 5.41) is 2.69. The summed E-state index contributed by atoms with van der Waals surface area (Å²) in [6.45, 7) is 3.16. The van der Waals surface area contributed by atoms with E-state index in [0.717, 1.165) is 10.3 Å². The van der Waals surface area contributed by atoms with Crippen LogP contribution in [0.15, 0.2) is 54.6 Å². The van der Waals surface area contributed by atoms with Gasteiger partial charge < -0.3 is 4.90 Å². The smallest absolute Gasteiger partial charge is 0.263 e. The minimum Gasteiger partial charge on any atom is -0.369 e. The molecule has 1 aliphatic heterocycles. The van der Waals surface area contributed by atoms with Crippen molar-refractivity contribution in [2.45, 2.75) is 6.54 Å². The molecule has 3 aromatic carbocycles. The molecular weight excluding hydrogens is 485 g/mol. The maximum atomic E-state index is 14.9. The molecule has 5 nitrogen and oxygen atoms in total. The topological polar surface area (TPSA) is 48.5 Å². The van der Waals surface area contributed by atoms with Gasteiger partial charge in [0.05, 0.1) is 15.8 Å². The number of aromatic nitrogens is 1. The second-order valence-electron chi connectivity index (χ2n) is 8.44. The molecule has 5 rings (SSSR count). The number of nitrogens with one attached hydrogen (secondary N) is 1. The second-order valence-corrected chi connectivity index (χ2v) is 9.47. The van der Waals surface area contributed by atoms with Gasteiger partial charge >= 0.3 is 0 Å². The molecule has 0 unspecified atom stereocenters. The minimum atomic E-state index is -0.943. The maximum absolute atomic E-state index is 14.9. The van der Waals surface area contributed by atoms with Crippen molar-refractivity contribution < 1.29 is 18.0 Å². The number of rotatable bonds is 5. The Morgan fingerprint density at radius 3 is 2.39 bits per heavy atom. The fraction of sp³-hybridized carbons (Fsp3) is 0.185. The van der Waals surface area contributed by atoms with Crippen LogP contribution in [0.25, 0.3) is 10.2 Å². The number of halogens is 3. The summed E-state index contributed by atoms with van der Waals surface area (Å²) in [7, 11) is 0. The number of nitrogens with zero attached hydrogens (tertiary/aromatic N) is 3. The summed E-state index contributed by atoms with van der Waals surface area (Å²) in [4.78, 5) is 21.1. The molecule has 1 aromatic heterocycles. The van der Waals surface area contributed by atoms with Crippen molar-refractivity contribution in [1.29, 1.82) is 0 Å². The third-order valence-electron chi connectivity index (χ3n) is 6.11. The lowest BCUT2D eigenvalue weighted by atomic mass is 10.1. The molecule has 0 spiro atoms. The molecule has 1 aliphatic rings. The lowest BCUT2D eigenvalue weighted by Gasteiger charge is -2.36. The zero-order valence-electron chi connectivity index (χ0n) is 19.1. The van der Waals surface area contributed by atoms with Crippen molar-refractivity contribution in [1.82, 2.24) is 9.88 Å². The Hall–Kier alpha value is -3.87. The number of amides is 1. The number of thiazole rings is 1. The van der Waals surface area contributed by atoms with E-state index in [0.29, 0.717) is 49.5 Å². The van der Waals surface area contributed by atoms with E-state index in [1.807, 2.05) is 4.90 Å². The lowest BCUT2D eigenvalue weighted by Crippen LogP contribution is -2.46. The summed E-state index contributed by atoms with van der Waals surface area (Å²) in [5.74, 6) is -0.545. The molecule has 0 bridgehead atoms. The van der Waals surface area contributed by atoms with Crippen LogP contribution in [0.2, 0.25) is 0 Å². The van der Waals surface area contributed by atoms with Gasteiger partial charge in [0.2, 0.25) is 0 Å². The predicted octanol–water partition coefficient (Wildman–Crippen LogP) is 5.27. The van der Waals surface area contributed by atoms with Crippen LogP contribution >= 0.6 is 11.3 Å². The van der Waals surface area contributed by atoms with Crippen molar-refractivity contribution in [3.8, 4) is 12.3 Å². The van der Waals surface area contributed by atoms with Crippen molar-refractivity contribution in [3.63, 3.8) is 0 Å². The third-order valence-corrected chi connectivity index (χ3v) is 7.04. The molecule has 1 saturated heterocycles. The van der Waals surface area contributed by atoms with E-state index in [4.69, 9.17) is 6.42 Å². The highest BCUT2D eigenvalue weighted by Crippen LogP contribution is 2.29. The normalized spacial score (nSPS) is 14.1. The number of benzene rings is 3. The molecule has 1 amide bonds. The number of hydrogen-bond acceptors (Lipinski definition) is 5. The fourth-order valence-corrected chi connectivity index (χ4v) is 5.14. The van der Waals surface area contributed by atoms with Crippen LogP contribution < -0.4 is 10.2 Å². The summed E-state index contributed by atoms with van der Waals surface area (Å²) < 4.78 is 43.7. The Morgan fingerprint density at radius 2 is 1.72 bits per heavy atom. The zero-order valence-corrected chi connectivity index (χ0v) is 19.9. The number of anilines is 2. The number of terminal acetylenes is 1. The van der Waals surface area contributed by atoms with E-state index >= 15 is 0 Å². The highest BCUT2D eigenvalue weighted by Gasteiger charge is 2.24. The van der Waals surface area contributed by atoms with Gasteiger partial charge in [0.25, 0.3) is 5.91 Å². The number of para-hydroxylation sites is 1. The molecule has 4 aromatic rings. The highest BCUT2D eigenvalue weighted by atomic mass is 32.1. The molecular formula is C27H21F3N4OS. The van der Waals surface area contributed by atoms with E-state index in [-0.39, 0.29) is 10.9 Å². The van der Waals surface area contributed by atoms with Gasteiger partial charge in [-0.2, -0.15) is 0 Å². The lowest BCUT2D eigenvalue weighted by molar-refractivity contribution is 0.101. The van der Waals surface area contributed by atoms with E-state index in [1.165, 1.54) is 35.6 Å².